The fourth-order valence-electron chi connectivity index (χ4n) is 3.70. The molecule has 4 rings (SSSR count). The van der Waals surface area contributed by atoms with Crippen molar-refractivity contribution in [3.63, 3.8) is 0 Å². The van der Waals surface area contributed by atoms with Crippen molar-refractivity contribution in [2.24, 2.45) is 0 Å². The van der Waals surface area contributed by atoms with Crippen molar-refractivity contribution in [2.75, 3.05) is 23.3 Å². The quantitative estimate of drug-likeness (QED) is 0.558. The summed E-state index contributed by atoms with van der Waals surface area (Å²) in [5, 5.41) is 7.25. The number of benzene rings is 1. The van der Waals surface area contributed by atoms with Gasteiger partial charge in [-0.15, -0.1) is 0 Å². The van der Waals surface area contributed by atoms with Crippen LogP contribution in [0.4, 0.5) is 11.5 Å². The van der Waals surface area contributed by atoms with Crippen LogP contribution in [0.15, 0.2) is 61.1 Å². The van der Waals surface area contributed by atoms with Gasteiger partial charge in [0, 0.05) is 37.1 Å². The van der Waals surface area contributed by atoms with Crippen molar-refractivity contribution in [3.8, 4) is 11.5 Å². The van der Waals surface area contributed by atoms with Gasteiger partial charge in [0.25, 0.3) is 0 Å². The first-order valence-corrected chi connectivity index (χ1v) is 10.9. The molecular weight excluding hydrogens is 406 g/mol. The number of hydrogen-bond donors (Lipinski definition) is 2. The van der Waals surface area contributed by atoms with Crippen LogP contribution in [0, 0.1) is 13.8 Å². The van der Waals surface area contributed by atoms with Crippen molar-refractivity contribution < 1.29 is 4.74 Å². The van der Waals surface area contributed by atoms with Crippen LogP contribution in [0.5, 0.6) is 11.5 Å². The van der Waals surface area contributed by atoms with Crippen LogP contribution in [0.1, 0.15) is 24.0 Å². The molecule has 0 unspecified atom stereocenters. The maximum Gasteiger partial charge on any atom is 0.171 e. The van der Waals surface area contributed by atoms with Gasteiger partial charge < -0.3 is 20.3 Å². The van der Waals surface area contributed by atoms with Gasteiger partial charge >= 0.3 is 0 Å². The summed E-state index contributed by atoms with van der Waals surface area (Å²) in [6.07, 6.45) is 7.30. The highest BCUT2D eigenvalue weighted by Crippen LogP contribution is 2.31. The summed E-state index contributed by atoms with van der Waals surface area (Å²) in [4.78, 5) is 11.1. The van der Waals surface area contributed by atoms with Crippen LogP contribution in [0.2, 0.25) is 0 Å². The molecule has 6 nitrogen and oxygen atoms in total. The van der Waals surface area contributed by atoms with E-state index in [1.165, 1.54) is 5.56 Å². The number of ether oxygens (including phenoxy) is 1. The molecule has 0 amide bonds. The SMILES string of the molecule is Cc1ccc(Oc2ccnc(N3CCC(NC(=S)Nc4cccnc4)CC3)c2C)cc1. The van der Waals surface area contributed by atoms with Gasteiger partial charge in [0.05, 0.1) is 11.9 Å². The zero-order valence-electron chi connectivity index (χ0n) is 17.8. The molecule has 0 bridgehead atoms. The van der Waals surface area contributed by atoms with Gasteiger partial charge in [-0.05, 0) is 69.2 Å². The second kappa shape index (κ2) is 9.75. The fraction of sp³-hybridized carbons (Fsp3) is 0.292. The van der Waals surface area contributed by atoms with E-state index in [0.717, 1.165) is 54.5 Å². The van der Waals surface area contributed by atoms with Crippen molar-refractivity contribution in [2.45, 2.75) is 32.7 Å². The van der Waals surface area contributed by atoms with Crippen molar-refractivity contribution in [3.05, 3.63) is 72.2 Å². The second-order valence-corrected chi connectivity index (χ2v) is 8.18. The lowest BCUT2D eigenvalue weighted by molar-refractivity contribution is 0.460. The maximum absolute atomic E-state index is 6.12. The molecule has 1 aliphatic rings. The largest absolute Gasteiger partial charge is 0.457 e. The Morgan fingerprint density at radius 1 is 1.06 bits per heavy atom. The highest BCUT2D eigenvalue weighted by molar-refractivity contribution is 7.80. The summed E-state index contributed by atoms with van der Waals surface area (Å²) in [6.45, 7) is 5.97. The van der Waals surface area contributed by atoms with Gasteiger partial charge in [0.15, 0.2) is 5.11 Å². The van der Waals surface area contributed by atoms with Crippen LogP contribution in [0.3, 0.4) is 0 Å². The molecule has 160 valence electrons. The first-order valence-electron chi connectivity index (χ1n) is 10.5. The van der Waals surface area contributed by atoms with E-state index in [4.69, 9.17) is 17.0 Å². The third-order valence-corrected chi connectivity index (χ3v) is 5.65. The van der Waals surface area contributed by atoms with Crippen molar-refractivity contribution in [1.29, 1.82) is 0 Å². The number of aryl methyl sites for hydroxylation is 1. The second-order valence-electron chi connectivity index (χ2n) is 7.77. The van der Waals surface area contributed by atoms with Crippen LogP contribution in [-0.2, 0) is 0 Å². The molecule has 1 aromatic carbocycles. The fourth-order valence-corrected chi connectivity index (χ4v) is 3.98. The molecule has 1 saturated heterocycles. The number of anilines is 2. The molecule has 0 aliphatic carbocycles. The molecule has 1 aliphatic heterocycles. The van der Waals surface area contributed by atoms with E-state index < -0.39 is 0 Å². The van der Waals surface area contributed by atoms with E-state index >= 15 is 0 Å². The van der Waals surface area contributed by atoms with Crippen LogP contribution < -0.4 is 20.3 Å². The van der Waals surface area contributed by atoms with Gasteiger partial charge in [0.1, 0.15) is 17.3 Å². The van der Waals surface area contributed by atoms with E-state index in [2.05, 4.69) is 51.5 Å². The number of thiocarbonyl (C=S) groups is 1. The number of rotatable bonds is 5. The van der Waals surface area contributed by atoms with Gasteiger partial charge in [-0.3, -0.25) is 4.98 Å². The lowest BCUT2D eigenvalue weighted by Gasteiger charge is -2.34. The number of pyridine rings is 2. The average Bonchev–Trinajstić information content (AvgIpc) is 2.78. The first kappa shape index (κ1) is 21.1. The van der Waals surface area contributed by atoms with E-state index in [0.29, 0.717) is 11.2 Å². The number of hydrogen-bond acceptors (Lipinski definition) is 5. The lowest BCUT2D eigenvalue weighted by Crippen LogP contribution is -2.46. The Balaban J connectivity index is 1.34. The summed E-state index contributed by atoms with van der Waals surface area (Å²) in [5.74, 6) is 2.67. The average molecular weight is 434 g/mol. The number of nitrogens with zero attached hydrogens (tertiary/aromatic N) is 3. The predicted molar refractivity (Wildman–Crippen MR) is 129 cm³/mol. The Bertz CT molecular complexity index is 1020. The Hall–Kier alpha value is -3.19. The predicted octanol–water partition coefficient (Wildman–Crippen LogP) is 4.84. The molecule has 1 fully saturated rings. The van der Waals surface area contributed by atoms with Gasteiger partial charge in [0.2, 0.25) is 0 Å². The van der Waals surface area contributed by atoms with E-state index in [1.807, 2.05) is 36.5 Å². The van der Waals surface area contributed by atoms with Crippen molar-refractivity contribution >= 4 is 28.8 Å². The molecule has 2 N–H and O–H groups in total. The molecule has 0 saturated carbocycles. The molecule has 3 heterocycles. The Labute approximate surface area is 188 Å². The first-order chi connectivity index (χ1) is 15.1. The third kappa shape index (κ3) is 5.49. The Morgan fingerprint density at radius 2 is 1.84 bits per heavy atom. The molecule has 3 aromatic rings. The van der Waals surface area contributed by atoms with Crippen LogP contribution in [0.25, 0.3) is 0 Å². The number of nitrogens with one attached hydrogen (secondary N) is 2. The summed E-state index contributed by atoms with van der Waals surface area (Å²) in [6, 6.07) is 14.2. The zero-order chi connectivity index (χ0) is 21.6. The minimum absolute atomic E-state index is 0.334. The van der Waals surface area contributed by atoms with Crippen molar-refractivity contribution in [1.82, 2.24) is 15.3 Å². The zero-order valence-corrected chi connectivity index (χ0v) is 18.7. The topological polar surface area (TPSA) is 62.3 Å². The monoisotopic (exact) mass is 433 g/mol. The van der Waals surface area contributed by atoms with E-state index in [-0.39, 0.29) is 0 Å². The highest BCUT2D eigenvalue weighted by Gasteiger charge is 2.23. The molecule has 0 atom stereocenters. The summed E-state index contributed by atoms with van der Waals surface area (Å²) >= 11 is 5.46. The normalized spacial score (nSPS) is 14.2. The van der Waals surface area contributed by atoms with Crippen LogP contribution >= 0.6 is 12.2 Å². The van der Waals surface area contributed by atoms with Crippen LogP contribution in [-0.4, -0.2) is 34.2 Å². The van der Waals surface area contributed by atoms with E-state index in [9.17, 15) is 0 Å². The minimum Gasteiger partial charge on any atom is -0.457 e. The maximum atomic E-state index is 6.12. The molecule has 2 aromatic heterocycles. The summed E-state index contributed by atoms with van der Waals surface area (Å²) < 4.78 is 6.12. The Kier molecular flexibility index (Phi) is 6.62. The highest BCUT2D eigenvalue weighted by atomic mass is 32.1. The summed E-state index contributed by atoms with van der Waals surface area (Å²) in [5.41, 5.74) is 3.16. The molecule has 0 spiro atoms. The molecule has 0 radical (unpaired) electrons. The lowest BCUT2D eigenvalue weighted by atomic mass is 10.0. The van der Waals surface area contributed by atoms with E-state index in [1.54, 1.807) is 12.4 Å². The third-order valence-electron chi connectivity index (χ3n) is 5.43. The number of piperidine rings is 1. The van der Waals surface area contributed by atoms with Gasteiger partial charge in [-0.1, -0.05) is 17.7 Å². The van der Waals surface area contributed by atoms with Gasteiger partial charge in [-0.25, -0.2) is 4.98 Å². The standard InChI is InChI=1S/C24H27N5OS/c1-17-5-7-21(8-6-17)30-22-9-13-26-23(18(22)2)29-14-10-19(11-15-29)27-24(31)28-20-4-3-12-25-16-20/h3-9,12-13,16,19H,10-11,14-15H2,1-2H3,(H2,27,28,31). The molecule has 7 heteroatoms. The molecular formula is C24H27N5OS. The Morgan fingerprint density at radius 3 is 2.55 bits per heavy atom. The minimum atomic E-state index is 0.334. The molecule has 31 heavy (non-hydrogen) atoms. The van der Waals surface area contributed by atoms with Gasteiger partial charge in [-0.2, -0.15) is 0 Å². The smallest absolute Gasteiger partial charge is 0.171 e. The summed E-state index contributed by atoms with van der Waals surface area (Å²) in [7, 11) is 0. The number of aromatic nitrogens is 2.